The fourth-order valence-corrected chi connectivity index (χ4v) is 3.29. The number of carbonyl (C=O) groups excluding carboxylic acids is 1. The second-order valence-corrected chi connectivity index (χ2v) is 6.94. The molecule has 1 fully saturated rings. The highest BCUT2D eigenvalue weighted by molar-refractivity contribution is 7.98. The summed E-state index contributed by atoms with van der Waals surface area (Å²) in [5.41, 5.74) is 6.87. The summed E-state index contributed by atoms with van der Waals surface area (Å²) in [5.74, 6) is 0.854. The zero-order valence-corrected chi connectivity index (χ0v) is 15.2. The normalized spacial score (nSPS) is 16.9. The van der Waals surface area contributed by atoms with Gasteiger partial charge in [0.2, 0.25) is 5.91 Å². The summed E-state index contributed by atoms with van der Waals surface area (Å²) in [4.78, 5) is 16.4. The van der Waals surface area contributed by atoms with E-state index in [-0.39, 0.29) is 17.5 Å². The topological polar surface area (TPSA) is 58.8 Å². The number of piperazine rings is 1. The van der Waals surface area contributed by atoms with E-state index < -0.39 is 6.04 Å². The number of methoxy groups -OCH3 is 1. The second-order valence-electron chi connectivity index (χ2n) is 5.96. The Morgan fingerprint density at radius 3 is 2.67 bits per heavy atom. The van der Waals surface area contributed by atoms with Crippen LogP contribution in [0.25, 0.3) is 0 Å². The molecular formula is C17H26FN3O2S. The average molecular weight is 355 g/mol. The highest BCUT2D eigenvalue weighted by atomic mass is 32.2. The predicted molar refractivity (Wildman–Crippen MR) is 95.8 cm³/mol. The van der Waals surface area contributed by atoms with E-state index in [9.17, 15) is 9.18 Å². The lowest BCUT2D eigenvalue weighted by Gasteiger charge is -2.36. The Morgan fingerprint density at radius 2 is 2.08 bits per heavy atom. The Bertz CT molecular complexity index is 551. The molecule has 1 amide bonds. The first-order valence-corrected chi connectivity index (χ1v) is 9.52. The SMILES string of the molecule is COc1ccc(CN2CCN(C(=O)C(N)CCSC)CC2)cc1F. The summed E-state index contributed by atoms with van der Waals surface area (Å²) in [5, 5.41) is 0. The maximum atomic E-state index is 13.8. The fourth-order valence-electron chi connectivity index (χ4n) is 2.80. The molecule has 0 spiro atoms. The number of carbonyl (C=O) groups is 1. The number of nitrogens with zero attached hydrogens (tertiary/aromatic N) is 2. The average Bonchev–Trinajstić information content (AvgIpc) is 2.60. The highest BCUT2D eigenvalue weighted by Gasteiger charge is 2.25. The molecule has 1 saturated heterocycles. The van der Waals surface area contributed by atoms with Gasteiger partial charge in [0.15, 0.2) is 11.6 Å². The molecule has 0 saturated carbocycles. The van der Waals surface area contributed by atoms with Crippen molar-refractivity contribution in [1.82, 2.24) is 9.80 Å². The number of rotatable bonds is 7. The van der Waals surface area contributed by atoms with Crippen molar-refractivity contribution >= 4 is 17.7 Å². The van der Waals surface area contributed by atoms with Gasteiger partial charge in [-0.2, -0.15) is 11.8 Å². The van der Waals surface area contributed by atoms with Gasteiger partial charge in [-0.3, -0.25) is 9.69 Å². The molecule has 0 aliphatic carbocycles. The van der Waals surface area contributed by atoms with Crippen molar-refractivity contribution in [2.75, 3.05) is 45.3 Å². The van der Waals surface area contributed by atoms with E-state index in [0.717, 1.165) is 24.4 Å². The minimum Gasteiger partial charge on any atom is -0.494 e. The van der Waals surface area contributed by atoms with Gasteiger partial charge in [-0.1, -0.05) is 6.07 Å². The molecule has 2 N–H and O–H groups in total. The van der Waals surface area contributed by atoms with Crippen LogP contribution >= 0.6 is 11.8 Å². The van der Waals surface area contributed by atoms with Crippen molar-refractivity contribution in [2.24, 2.45) is 5.73 Å². The summed E-state index contributed by atoms with van der Waals surface area (Å²) < 4.78 is 18.7. The van der Waals surface area contributed by atoms with E-state index >= 15 is 0 Å². The lowest BCUT2D eigenvalue weighted by atomic mass is 10.1. The molecular weight excluding hydrogens is 329 g/mol. The van der Waals surface area contributed by atoms with Crippen molar-refractivity contribution in [2.45, 2.75) is 19.0 Å². The number of halogens is 1. The van der Waals surface area contributed by atoms with E-state index in [4.69, 9.17) is 10.5 Å². The largest absolute Gasteiger partial charge is 0.494 e. The summed E-state index contributed by atoms with van der Waals surface area (Å²) in [6, 6.07) is 4.63. The van der Waals surface area contributed by atoms with Gasteiger partial charge in [0, 0.05) is 32.7 Å². The maximum absolute atomic E-state index is 13.8. The first-order valence-electron chi connectivity index (χ1n) is 8.13. The van der Waals surface area contributed by atoms with Gasteiger partial charge < -0.3 is 15.4 Å². The predicted octanol–water partition coefficient (Wildman–Crippen LogP) is 1.56. The third kappa shape index (κ3) is 5.09. The highest BCUT2D eigenvalue weighted by Crippen LogP contribution is 2.19. The number of hydrogen-bond acceptors (Lipinski definition) is 5. The van der Waals surface area contributed by atoms with Crippen LogP contribution in [0, 0.1) is 5.82 Å². The Morgan fingerprint density at radius 1 is 1.38 bits per heavy atom. The van der Waals surface area contributed by atoms with E-state index in [0.29, 0.717) is 26.1 Å². The Kier molecular flexibility index (Phi) is 7.33. The molecule has 1 aliphatic heterocycles. The summed E-state index contributed by atoms with van der Waals surface area (Å²) in [7, 11) is 1.46. The van der Waals surface area contributed by atoms with Crippen molar-refractivity contribution in [3.63, 3.8) is 0 Å². The first-order chi connectivity index (χ1) is 11.5. The molecule has 0 aromatic heterocycles. The molecule has 0 bridgehead atoms. The van der Waals surface area contributed by atoms with Crippen LogP contribution in [-0.2, 0) is 11.3 Å². The number of thioether (sulfide) groups is 1. The van der Waals surface area contributed by atoms with Gasteiger partial charge in [0.25, 0.3) is 0 Å². The zero-order valence-electron chi connectivity index (χ0n) is 14.3. The van der Waals surface area contributed by atoms with Crippen LogP contribution in [0.3, 0.4) is 0 Å². The lowest BCUT2D eigenvalue weighted by molar-refractivity contribution is -0.134. The smallest absolute Gasteiger partial charge is 0.239 e. The number of benzene rings is 1. The third-order valence-corrected chi connectivity index (χ3v) is 4.90. The summed E-state index contributed by atoms with van der Waals surface area (Å²) in [6.45, 7) is 3.56. The first kappa shape index (κ1) is 19.0. The molecule has 1 aromatic rings. The van der Waals surface area contributed by atoms with Gasteiger partial charge in [0.1, 0.15) is 0 Å². The van der Waals surface area contributed by atoms with E-state index in [1.165, 1.54) is 13.2 Å². The van der Waals surface area contributed by atoms with Crippen molar-refractivity contribution in [3.8, 4) is 5.75 Å². The number of ether oxygens (including phenoxy) is 1. The second kappa shape index (κ2) is 9.25. The standard InChI is InChI=1S/C17H26FN3O2S/c1-23-16-4-3-13(11-14(16)18)12-20-6-8-21(9-7-20)17(22)15(19)5-10-24-2/h3-4,11,15H,5-10,12,19H2,1-2H3. The fraction of sp³-hybridized carbons (Fsp3) is 0.588. The van der Waals surface area contributed by atoms with Crippen LogP contribution in [0.4, 0.5) is 4.39 Å². The minimum absolute atomic E-state index is 0.0409. The summed E-state index contributed by atoms with van der Waals surface area (Å²) in [6.07, 6.45) is 2.73. The molecule has 24 heavy (non-hydrogen) atoms. The van der Waals surface area contributed by atoms with Crippen LogP contribution in [0.15, 0.2) is 18.2 Å². The van der Waals surface area contributed by atoms with Crippen molar-refractivity contribution in [3.05, 3.63) is 29.6 Å². The molecule has 134 valence electrons. The Balaban J connectivity index is 1.82. The molecule has 1 heterocycles. The Labute approximate surface area is 147 Å². The number of nitrogens with two attached hydrogens (primary N) is 1. The van der Waals surface area contributed by atoms with E-state index in [2.05, 4.69) is 4.90 Å². The molecule has 1 unspecified atom stereocenters. The maximum Gasteiger partial charge on any atom is 0.239 e. The molecule has 1 aromatic carbocycles. The van der Waals surface area contributed by atoms with Crippen LogP contribution in [0.1, 0.15) is 12.0 Å². The van der Waals surface area contributed by atoms with Crippen LogP contribution in [-0.4, -0.2) is 67.0 Å². The number of amides is 1. The Hall–Kier alpha value is -1.31. The van der Waals surface area contributed by atoms with Crippen LogP contribution in [0.5, 0.6) is 5.75 Å². The van der Waals surface area contributed by atoms with Crippen LogP contribution in [0.2, 0.25) is 0 Å². The van der Waals surface area contributed by atoms with Crippen molar-refractivity contribution < 1.29 is 13.9 Å². The molecule has 2 rings (SSSR count). The molecule has 7 heteroatoms. The van der Waals surface area contributed by atoms with Gasteiger partial charge in [0.05, 0.1) is 13.2 Å². The number of hydrogen-bond donors (Lipinski definition) is 1. The molecule has 0 radical (unpaired) electrons. The van der Waals surface area contributed by atoms with Gasteiger partial charge in [-0.25, -0.2) is 4.39 Å². The minimum atomic E-state index is -0.403. The zero-order chi connectivity index (χ0) is 17.5. The van der Waals surface area contributed by atoms with Crippen LogP contribution < -0.4 is 10.5 Å². The van der Waals surface area contributed by atoms with E-state index in [1.54, 1.807) is 17.8 Å². The third-order valence-electron chi connectivity index (χ3n) is 4.26. The quantitative estimate of drug-likeness (QED) is 0.804. The molecule has 1 atom stereocenters. The summed E-state index contributed by atoms with van der Waals surface area (Å²) >= 11 is 1.70. The van der Waals surface area contributed by atoms with Gasteiger partial charge >= 0.3 is 0 Å². The van der Waals surface area contributed by atoms with Crippen molar-refractivity contribution in [1.29, 1.82) is 0 Å². The van der Waals surface area contributed by atoms with Gasteiger partial charge in [-0.05, 0) is 36.1 Å². The van der Waals surface area contributed by atoms with E-state index in [1.807, 2.05) is 17.2 Å². The lowest BCUT2D eigenvalue weighted by Crippen LogP contribution is -2.53. The molecule has 1 aliphatic rings. The monoisotopic (exact) mass is 355 g/mol. The molecule has 5 nitrogen and oxygen atoms in total. The van der Waals surface area contributed by atoms with Gasteiger partial charge in [-0.15, -0.1) is 0 Å².